The maximum atomic E-state index is 12.4. The lowest BCUT2D eigenvalue weighted by molar-refractivity contribution is -0.117. The molecule has 0 saturated carbocycles. The zero-order chi connectivity index (χ0) is 15.8. The molecule has 4 rings (SSSR count). The van der Waals surface area contributed by atoms with Crippen LogP contribution in [0.1, 0.15) is 17.5 Å². The molecule has 2 aliphatic rings. The van der Waals surface area contributed by atoms with Gasteiger partial charge in [0.1, 0.15) is 0 Å². The number of amides is 1. The van der Waals surface area contributed by atoms with Gasteiger partial charge >= 0.3 is 0 Å². The van der Waals surface area contributed by atoms with E-state index >= 15 is 0 Å². The van der Waals surface area contributed by atoms with Crippen molar-refractivity contribution in [2.45, 2.75) is 19.5 Å². The van der Waals surface area contributed by atoms with E-state index in [1.165, 1.54) is 11.1 Å². The normalized spacial score (nSPS) is 21.0. The van der Waals surface area contributed by atoms with Gasteiger partial charge in [0.15, 0.2) is 0 Å². The van der Waals surface area contributed by atoms with Gasteiger partial charge in [0, 0.05) is 42.8 Å². The molecule has 0 spiro atoms. The first-order valence-corrected chi connectivity index (χ1v) is 8.83. The fraction of sp³-hybridized carbons (Fsp3) is 0.316. The first kappa shape index (κ1) is 14.9. The summed E-state index contributed by atoms with van der Waals surface area (Å²) in [6, 6.07) is 16.6. The molecule has 4 heteroatoms. The minimum Gasteiger partial charge on any atom is -0.312 e. The number of hydrogen-bond acceptors (Lipinski definition) is 2. The minimum absolute atomic E-state index is 0.244. The molecule has 1 atom stereocenters. The van der Waals surface area contributed by atoms with Crippen molar-refractivity contribution in [2.75, 3.05) is 18.0 Å². The quantitative estimate of drug-likeness (QED) is 0.819. The summed E-state index contributed by atoms with van der Waals surface area (Å²) in [6.07, 6.45) is 0.656. The largest absolute Gasteiger partial charge is 0.312 e. The molecule has 2 aromatic carbocycles. The zero-order valence-corrected chi connectivity index (χ0v) is 14.5. The summed E-state index contributed by atoms with van der Waals surface area (Å²) >= 11 is 3.44. The molecule has 118 valence electrons. The number of hydrogen-bond donors (Lipinski definition) is 0. The Bertz CT molecular complexity index is 703. The Morgan fingerprint density at radius 1 is 1.00 bits per heavy atom. The molecule has 2 heterocycles. The van der Waals surface area contributed by atoms with Crippen molar-refractivity contribution < 1.29 is 4.79 Å². The monoisotopic (exact) mass is 370 g/mol. The number of halogens is 1. The smallest absolute Gasteiger partial charge is 0.227 e. The van der Waals surface area contributed by atoms with Crippen LogP contribution in [-0.4, -0.2) is 23.9 Å². The fourth-order valence-corrected chi connectivity index (χ4v) is 3.94. The van der Waals surface area contributed by atoms with Crippen LogP contribution in [0.3, 0.4) is 0 Å². The first-order chi connectivity index (χ1) is 11.2. The van der Waals surface area contributed by atoms with Crippen molar-refractivity contribution in [3.05, 3.63) is 64.1 Å². The average Bonchev–Trinajstić information content (AvgIpc) is 3.11. The van der Waals surface area contributed by atoms with Crippen LogP contribution in [0, 0.1) is 5.92 Å². The average molecular weight is 371 g/mol. The lowest BCUT2D eigenvalue weighted by Gasteiger charge is -2.20. The first-order valence-electron chi connectivity index (χ1n) is 8.04. The van der Waals surface area contributed by atoms with Crippen LogP contribution < -0.4 is 4.90 Å². The van der Waals surface area contributed by atoms with Gasteiger partial charge in [-0.25, -0.2) is 0 Å². The molecular formula is C19H19BrN2O. The third kappa shape index (κ3) is 3.06. The van der Waals surface area contributed by atoms with Crippen LogP contribution in [0.15, 0.2) is 53.0 Å². The Kier molecular flexibility index (Phi) is 3.95. The van der Waals surface area contributed by atoms with Gasteiger partial charge in [-0.2, -0.15) is 0 Å². The van der Waals surface area contributed by atoms with Gasteiger partial charge in [0.25, 0.3) is 0 Å². The summed E-state index contributed by atoms with van der Waals surface area (Å²) in [6.45, 7) is 3.85. The van der Waals surface area contributed by atoms with Crippen LogP contribution in [0.5, 0.6) is 0 Å². The molecule has 1 saturated heterocycles. The summed E-state index contributed by atoms with van der Waals surface area (Å²) in [5, 5.41) is 0. The zero-order valence-electron chi connectivity index (χ0n) is 12.9. The van der Waals surface area contributed by atoms with E-state index in [9.17, 15) is 4.79 Å². The highest BCUT2D eigenvalue weighted by Crippen LogP contribution is 2.29. The Labute approximate surface area is 145 Å². The fourth-order valence-electron chi connectivity index (χ4n) is 3.67. The number of nitrogens with zero attached hydrogens (tertiary/aromatic N) is 2. The Balaban J connectivity index is 1.41. The molecule has 0 aliphatic carbocycles. The maximum absolute atomic E-state index is 12.4. The van der Waals surface area contributed by atoms with E-state index in [-0.39, 0.29) is 5.91 Å². The van der Waals surface area contributed by atoms with Gasteiger partial charge in [0.05, 0.1) is 0 Å². The molecule has 2 aromatic rings. The summed E-state index contributed by atoms with van der Waals surface area (Å²) in [5.74, 6) is 0.662. The highest BCUT2D eigenvalue weighted by molar-refractivity contribution is 9.10. The van der Waals surface area contributed by atoms with E-state index in [0.29, 0.717) is 12.3 Å². The molecular weight excluding hydrogens is 352 g/mol. The Morgan fingerprint density at radius 3 is 2.30 bits per heavy atom. The van der Waals surface area contributed by atoms with E-state index < -0.39 is 0 Å². The molecule has 23 heavy (non-hydrogen) atoms. The van der Waals surface area contributed by atoms with Crippen molar-refractivity contribution in [3.8, 4) is 0 Å². The minimum atomic E-state index is 0.244. The second kappa shape index (κ2) is 6.10. The number of benzene rings is 2. The lowest BCUT2D eigenvalue weighted by Crippen LogP contribution is -2.28. The predicted molar refractivity (Wildman–Crippen MR) is 95.2 cm³/mol. The summed E-state index contributed by atoms with van der Waals surface area (Å²) in [4.78, 5) is 16.8. The van der Waals surface area contributed by atoms with Gasteiger partial charge in [0.2, 0.25) is 5.91 Å². The van der Waals surface area contributed by atoms with E-state index in [1.54, 1.807) is 0 Å². The summed E-state index contributed by atoms with van der Waals surface area (Å²) in [7, 11) is 0. The van der Waals surface area contributed by atoms with Crippen molar-refractivity contribution >= 4 is 27.5 Å². The van der Waals surface area contributed by atoms with E-state index in [4.69, 9.17) is 0 Å². The molecule has 0 radical (unpaired) electrons. The third-order valence-corrected chi connectivity index (χ3v) is 5.29. The Morgan fingerprint density at radius 2 is 1.65 bits per heavy atom. The van der Waals surface area contributed by atoms with Crippen LogP contribution >= 0.6 is 15.9 Å². The maximum Gasteiger partial charge on any atom is 0.227 e. The molecule has 3 nitrogen and oxygen atoms in total. The van der Waals surface area contributed by atoms with Crippen molar-refractivity contribution in [1.82, 2.24) is 4.90 Å². The molecule has 1 unspecified atom stereocenters. The number of carbonyl (C=O) groups excluding carboxylic acids is 1. The number of carbonyl (C=O) groups is 1. The SMILES string of the molecule is O=C1CC(CN2Cc3ccccc3C2)CN1c1ccc(Br)cc1. The van der Waals surface area contributed by atoms with Gasteiger partial charge in [-0.15, -0.1) is 0 Å². The van der Waals surface area contributed by atoms with E-state index in [1.807, 2.05) is 29.2 Å². The van der Waals surface area contributed by atoms with Crippen LogP contribution in [0.2, 0.25) is 0 Å². The highest BCUT2D eigenvalue weighted by atomic mass is 79.9. The van der Waals surface area contributed by atoms with Crippen molar-refractivity contribution in [2.24, 2.45) is 5.92 Å². The number of fused-ring (bicyclic) bond motifs is 1. The van der Waals surface area contributed by atoms with Crippen LogP contribution in [0.25, 0.3) is 0 Å². The molecule has 0 aromatic heterocycles. The molecule has 1 fully saturated rings. The number of anilines is 1. The van der Waals surface area contributed by atoms with Gasteiger partial charge in [-0.1, -0.05) is 40.2 Å². The van der Waals surface area contributed by atoms with Crippen LogP contribution in [-0.2, 0) is 17.9 Å². The van der Waals surface area contributed by atoms with Gasteiger partial charge in [-0.3, -0.25) is 9.69 Å². The molecule has 0 N–H and O–H groups in total. The third-order valence-electron chi connectivity index (χ3n) is 4.77. The molecule has 1 amide bonds. The van der Waals surface area contributed by atoms with Gasteiger partial charge in [-0.05, 0) is 41.3 Å². The Hall–Kier alpha value is -1.65. The second-order valence-electron chi connectivity index (χ2n) is 6.49. The van der Waals surface area contributed by atoms with Crippen molar-refractivity contribution in [1.29, 1.82) is 0 Å². The second-order valence-corrected chi connectivity index (χ2v) is 7.40. The summed E-state index contributed by atoms with van der Waals surface area (Å²) in [5.41, 5.74) is 3.87. The highest BCUT2D eigenvalue weighted by Gasteiger charge is 2.32. The van der Waals surface area contributed by atoms with E-state index in [0.717, 1.165) is 36.3 Å². The molecule has 2 aliphatic heterocycles. The number of rotatable bonds is 3. The van der Waals surface area contributed by atoms with Crippen LogP contribution in [0.4, 0.5) is 5.69 Å². The van der Waals surface area contributed by atoms with E-state index in [2.05, 4.69) is 45.1 Å². The van der Waals surface area contributed by atoms with Crippen molar-refractivity contribution in [3.63, 3.8) is 0 Å². The standard InChI is InChI=1S/C19H19BrN2O/c20-17-5-7-18(8-6-17)22-11-14(9-19(22)23)10-21-12-15-3-1-2-4-16(15)13-21/h1-8,14H,9-13H2. The molecule has 0 bridgehead atoms. The predicted octanol–water partition coefficient (Wildman–Crippen LogP) is 3.82. The topological polar surface area (TPSA) is 23.6 Å². The lowest BCUT2D eigenvalue weighted by atomic mass is 10.1. The summed E-state index contributed by atoms with van der Waals surface area (Å²) < 4.78 is 1.04. The van der Waals surface area contributed by atoms with Gasteiger partial charge < -0.3 is 4.90 Å².